The van der Waals surface area contributed by atoms with Crippen molar-refractivity contribution in [2.24, 2.45) is 0 Å². The van der Waals surface area contributed by atoms with Crippen molar-refractivity contribution in [2.45, 2.75) is 11.6 Å². The Morgan fingerprint density at radius 1 is 1.17 bits per heavy atom. The molecule has 1 fully saturated rings. The molecule has 126 valence electrons. The highest BCUT2D eigenvalue weighted by Crippen LogP contribution is 2.39. The van der Waals surface area contributed by atoms with Gasteiger partial charge in [-0.3, -0.25) is 4.79 Å². The molecule has 2 aromatic carbocycles. The first kappa shape index (κ1) is 17.4. The lowest BCUT2D eigenvalue weighted by Gasteiger charge is -2.24. The Morgan fingerprint density at radius 2 is 1.88 bits per heavy atom. The van der Waals surface area contributed by atoms with Gasteiger partial charge < -0.3 is 4.90 Å². The number of nitrogens with zero attached hydrogens (tertiary/aromatic N) is 1. The van der Waals surface area contributed by atoms with E-state index in [1.807, 2.05) is 24.3 Å². The molecular weight excluding hydrogens is 403 g/mol. The molecular formula is C17H13BrF3NOS. The second-order valence-corrected chi connectivity index (χ2v) is 7.46. The number of carbonyl (C=O) groups is 1. The van der Waals surface area contributed by atoms with Crippen molar-refractivity contribution in [3.63, 3.8) is 0 Å². The Kier molecular flexibility index (Phi) is 4.92. The number of benzene rings is 2. The molecule has 3 rings (SSSR count). The van der Waals surface area contributed by atoms with Crippen LogP contribution in [0.1, 0.15) is 26.9 Å². The van der Waals surface area contributed by atoms with Crippen LogP contribution in [0.5, 0.6) is 0 Å². The molecule has 1 unspecified atom stereocenters. The van der Waals surface area contributed by atoms with Crippen LogP contribution < -0.4 is 0 Å². The zero-order valence-corrected chi connectivity index (χ0v) is 14.8. The average molecular weight is 416 g/mol. The van der Waals surface area contributed by atoms with Gasteiger partial charge in [0.2, 0.25) is 0 Å². The summed E-state index contributed by atoms with van der Waals surface area (Å²) in [4.78, 5) is 14.3. The third-order valence-electron chi connectivity index (χ3n) is 3.74. The van der Waals surface area contributed by atoms with Crippen LogP contribution in [-0.4, -0.2) is 23.1 Å². The summed E-state index contributed by atoms with van der Waals surface area (Å²) in [7, 11) is 0. The number of halogens is 4. The minimum atomic E-state index is -4.46. The van der Waals surface area contributed by atoms with Gasteiger partial charge in [0.15, 0.2) is 0 Å². The quantitative estimate of drug-likeness (QED) is 0.658. The predicted molar refractivity (Wildman–Crippen MR) is 91.8 cm³/mol. The van der Waals surface area contributed by atoms with E-state index in [4.69, 9.17) is 0 Å². The van der Waals surface area contributed by atoms with Crippen LogP contribution in [0.15, 0.2) is 53.0 Å². The highest BCUT2D eigenvalue weighted by molar-refractivity contribution is 9.10. The fraction of sp³-hybridized carbons (Fsp3) is 0.235. The maximum atomic E-state index is 12.9. The molecule has 24 heavy (non-hydrogen) atoms. The van der Waals surface area contributed by atoms with Gasteiger partial charge in [0, 0.05) is 22.3 Å². The number of carbonyl (C=O) groups excluding carboxylic acids is 1. The Labute approximate surface area is 150 Å². The highest BCUT2D eigenvalue weighted by Gasteiger charge is 2.34. The van der Waals surface area contributed by atoms with Crippen molar-refractivity contribution in [2.75, 3.05) is 12.3 Å². The molecule has 0 saturated carbocycles. The van der Waals surface area contributed by atoms with Crippen molar-refractivity contribution in [3.05, 3.63) is 69.7 Å². The van der Waals surface area contributed by atoms with Crippen molar-refractivity contribution >= 4 is 33.6 Å². The summed E-state index contributed by atoms with van der Waals surface area (Å²) in [5, 5.41) is -0.180. The molecule has 0 radical (unpaired) electrons. The van der Waals surface area contributed by atoms with E-state index in [1.165, 1.54) is 12.1 Å². The van der Waals surface area contributed by atoms with Gasteiger partial charge in [-0.1, -0.05) is 34.1 Å². The number of hydrogen-bond donors (Lipinski definition) is 0. The largest absolute Gasteiger partial charge is 0.416 e. The van der Waals surface area contributed by atoms with E-state index in [2.05, 4.69) is 15.9 Å². The monoisotopic (exact) mass is 415 g/mol. The first-order chi connectivity index (χ1) is 11.4. The van der Waals surface area contributed by atoms with E-state index in [9.17, 15) is 18.0 Å². The van der Waals surface area contributed by atoms with E-state index >= 15 is 0 Å². The van der Waals surface area contributed by atoms with Gasteiger partial charge in [-0.15, -0.1) is 11.8 Å². The first-order valence-electron chi connectivity index (χ1n) is 7.21. The van der Waals surface area contributed by atoms with E-state index in [1.54, 1.807) is 16.7 Å². The molecule has 0 aliphatic carbocycles. The molecule has 0 bridgehead atoms. The third-order valence-corrected chi connectivity index (χ3v) is 5.53. The summed E-state index contributed by atoms with van der Waals surface area (Å²) >= 11 is 4.98. The number of amides is 1. The zero-order valence-electron chi connectivity index (χ0n) is 12.4. The van der Waals surface area contributed by atoms with Crippen LogP contribution in [0.3, 0.4) is 0 Å². The van der Waals surface area contributed by atoms with Crippen molar-refractivity contribution in [3.8, 4) is 0 Å². The van der Waals surface area contributed by atoms with Crippen molar-refractivity contribution < 1.29 is 18.0 Å². The summed E-state index contributed by atoms with van der Waals surface area (Å²) in [5.41, 5.74) is 0.218. The molecule has 2 nitrogen and oxygen atoms in total. The lowest BCUT2D eigenvalue weighted by atomic mass is 10.1. The first-order valence-corrected chi connectivity index (χ1v) is 9.06. The molecule has 0 spiro atoms. The summed E-state index contributed by atoms with van der Waals surface area (Å²) in [5.74, 6) is 0.379. The van der Waals surface area contributed by atoms with Crippen LogP contribution >= 0.6 is 27.7 Å². The van der Waals surface area contributed by atoms with Gasteiger partial charge in [0.1, 0.15) is 5.37 Å². The predicted octanol–water partition coefficient (Wildman–Crippen LogP) is 5.36. The zero-order chi connectivity index (χ0) is 17.3. The summed E-state index contributed by atoms with van der Waals surface area (Å²) in [6.07, 6.45) is -4.46. The lowest BCUT2D eigenvalue weighted by molar-refractivity contribution is -0.137. The number of hydrogen-bond acceptors (Lipinski definition) is 2. The molecule has 1 saturated heterocycles. The molecule has 1 aliphatic heterocycles. The van der Waals surface area contributed by atoms with Crippen LogP contribution in [0.2, 0.25) is 0 Å². The third kappa shape index (κ3) is 3.62. The van der Waals surface area contributed by atoms with E-state index < -0.39 is 11.7 Å². The molecule has 7 heteroatoms. The summed E-state index contributed by atoms with van der Waals surface area (Å²) in [6, 6.07) is 12.2. The fourth-order valence-electron chi connectivity index (χ4n) is 2.58. The minimum Gasteiger partial charge on any atom is -0.322 e. The number of thioether (sulfide) groups is 1. The maximum absolute atomic E-state index is 12.9. The van der Waals surface area contributed by atoms with Crippen LogP contribution in [0.25, 0.3) is 0 Å². The maximum Gasteiger partial charge on any atom is 0.416 e. The normalized spacial score (nSPS) is 18.0. The van der Waals surface area contributed by atoms with Crippen LogP contribution in [0.4, 0.5) is 13.2 Å². The molecule has 1 atom stereocenters. The Hall–Kier alpha value is -1.47. The van der Waals surface area contributed by atoms with Gasteiger partial charge in [-0.05, 0) is 35.9 Å². The highest BCUT2D eigenvalue weighted by atomic mass is 79.9. The standard InChI is InChI=1S/C17H13BrF3NOS/c18-14-6-4-11(5-7-14)16-22(8-9-24-16)15(23)12-2-1-3-13(10-12)17(19,20)21/h1-7,10,16H,8-9H2. The molecule has 1 aliphatic rings. The van der Waals surface area contributed by atoms with E-state index in [0.717, 1.165) is 27.9 Å². The fourth-order valence-corrected chi connectivity index (χ4v) is 4.10. The van der Waals surface area contributed by atoms with Gasteiger partial charge in [0.05, 0.1) is 5.56 Å². The minimum absolute atomic E-state index is 0.0643. The number of alkyl halides is 3. The van der Waals surface area contributed by atoms with Gasteiger partial charge in [-0.2, -0.15) is 13.2 Å². The smallest absolute Gasteiger partial charge is 0.322 e. The van der Waals surface area contributed by atoms with Crippen molar-refractivity contribution in [1.82, 2.24) is 4.90 Å². The van der Waals surface area contributed by atoms with Gasteiger partial charge in [0.25, 0.3) is 5.91 Å². The molecule has 1 heterocycles. The second-order valence-electron chi connectivity index (χ2n) is 5.35. The van der Waals surface area contributed by atoms with E-state index in [-0.39, 0.29) is 16.8 Å². The van der Waals surface area contributed by atoms with Crippen molar-refractivity contribution in [1.29, 1.82) is 0 Å². The Morgan fingerprint density at radius 3 is 2.54 bits per heavy atom. The Bertz CT molecular complexity index is 748. The van der Waals surface area contributed by atoms with E-state index in [0.29, 0.717) is 6.54 Å². The molecule has 2 aromatic rings. The average Bonchev–Trinajstić information content (AvgIpc) is 3.04. The topological polar surface area (TPSA) is 20.3 Å². The second kappa shape index (κ2) is 6.80. The molecule has 0 aromatic heterocycles. The summed E-state index contributed by atoms with van der Waals surface area (Å²) in [6.45, 7) is 0.514. The van der Waals surface area contributed by atoms with Crippen LogP contribution in [0, 0.1) is 0 Å². The summed E-state index contributed by atoms with van der Waals surface area (Å²) < 4.78 is 39.5. The number of rotatable bonds is 2. The lowest BCUT2D eigenvalue weighted by Crippen LogP contribution is -2.30. The van der Waals surface area contributed by atoms with Crippen LogP contribution in [-0.2, 0) is 6.18 Å². The van der Waals surface area contributed by atoms with Gasteiger partial charge >= 0.3 is 6.18 Å². The Balaban J connectivity index is 1.87. The molecule has 1 amide bonds. The SMILES string of the molecule is O=C(c1cccc(C(F)(F)F)c1)N1CCSC1c1ccc(Br)cc1. The van der Waals surface area contributed by atoms with Gasteiger partial charge in [-0.25, -0.2) is 0 Å². The molecule has 0 N–H and O–H groups in total.